The van der Waals surface area contributed by atoms with E-state index in [1.165, 1.54) is 18.1 Å². The molecule has 5 rings (SSSR count). The minimum Gasteiger partial charge on any atom is -0.480 e. The summed E-state index contributed by atoms with van der Waals surface area (Å²) in [6, 6.07) is 6.65. The first kappa shape index (κ1) is 22.6. The van der Waals surface area contributed by atoms with Crippen molar-refractivity contribution < 1.29 is 22.6 Å². The molecule has 1 aromatic carbocycles. The fourth-order valence-corrected chi connectivity index (χ4v) is 3.88. The van der Waals surface area contributed by atoms with Crippen molar-refractivity contribution in [3.05, 3.63) is 66.0 Å². The van der Waals surface area contributed by atoms with Gasteiger partial charge in [0, 0.05) is 36.4 Å². The number of methoxy groups -OCH3 is 1. The van der Waals surface area contributed by atoms with Crippen molar-refractivity contribution in [2.24, 2.45) is 5.11 Å². The molecule has 1 unspecified atom stereocenters. The number of rotatable bonds is 5. The molecule has 1 aliphatic rings. The number of aryl methyl sites for hydroxylation is 1. The molecular weight excluding hydrogens is 461 g/mol. The Balaban J connectivity index is 1.43. The summed E-state index contributed by atoms with van der Waals surface area (Å²) in [7, 11) is 1.52. The monoisotopic (exact) mass is 481 g/mol. The summed E-state index contributed by atoms with van der Waals surface area (Å²) in [6.45, 7) is 3.89. The van der Waals surface area contributed by atoms with Crippen LogP contribution < -0.4 is 4.74 Å². The average Bonchev–Trinajstić information content (AvgIpc) is 3.42. The lowest BCUT2D eigenvalue weighted by atomic mass is 10.2. The van der Waals surface area contributed by atoms with Crippen molar-refractivity contribution in [1.29, 1.82) is 0 Å². The first-order chi connectivity index (χ1) is 16.7. The van der Waals surface area contributed by atoms with Crippen molar-refractivity contribution >= 4 is 16.7 Å². The standard InChI is InChI=1S/C23H20F3N8O/c1-13-8-18(23(24,25)26)32-34(13)17-6-4-15(5-7-17)11-33-21-16(10-30-33)9-27-20(31-21)19-14(2)28-12-29-22(19)35-3/h4-10,12-13H,11H2,1-3H3/q+1. The van der Waals surface area contributed by atoms with Crippen molar-refractivity contribution in [1.82, 2.24) is 29.7 Å². The Morgan fingerprint density at radius 1 is 1.09 bits per heavy atom. The molecule has 1 atom stereocenters. The first-order valence-electron chi connectivity index (χ1n) is 10.7. The van der Waals surface area contributed by atoms with Gasteiger partial charge in [0.05, 0.1) is 30.9 Å². The van der Waals surface area contributed by atoms with Crippen LogP contribution in [0.1, 0.15) is 18.2 Å². The van der Waals surface area contributed by atoms with Crippen LogP contribution in [0.4, 0.5) is 18.9 Å². The maximum Gasteiger partial charge on any atom is 0.439 e. The van der Waals surface area contributed by atoms with E-state index in [-0.39, 0.29) is 0 Å². The molecule has 0 amide bonds. The van der Waals surface area contributed by atoms with Crippen LogP contribution >= 0.6 is 0 Å². The predicted octanol–water partition coefficient (Wildman–Crippen LogP) is 4.59. The Morgan fingerprint density at radius 2 is 1.86 bits per heavy atom. The second kappa shape index (κ2) is 8.53. The number of ether oxygens (including phenoxy) is 1. The van der Waals surface area contributed by atoms with Crippen LogP contribution in [-0.4, -0.2) is 53.7 Å². The van der Waals surface area contributed by atoms with Crippen LogP contribution in [0, 0.1) is 6.92 Å². The third-order valence-electron chi connectivity index (χ3n) is 5.62. The normalized spacial score (nSPS) is 15.9. The van der Waals surface area contributed by atoms with Gasteiger partial charge in [0.25, 0.3) is 0 Å². The highest BCUT2D eigenvalue weighted by Crippen LogP contribution is 2.33. The highest BCUT2D eigenvalue weighted by Gasteiger charge is 2.42. The second-order valence-electron chi connectivity index (χ2n) is 8.02. The first-order valence-corrected chi connectivity index (χ1v) is 10.7. The number of azo groups is 2. The quantitative estimate of drug-likeness (QED) is 0.387. The molecule has 4 aromatic rings. The van der Waals surface area contributed by atoms with Gasteiger partial charge in [-0.3, -0.25) is 0 Å². The third kappa shape index (κ3) is 4.22. The minimum atomic E-state index is -4.47. The van der Waals surface area contributed by atoms with Crippen molar-refractivity contribution in [2.45, 2.75) is 32.6 Å². The van der Waals surface area contributed by atoms with Gasteiger partial charge in [-0.25, -0.2) is 24.6 Å². The summed E-state index contributed by atoms with van der Waals surface area (Å²) < 4.78 is 47.5. The Bertz CT molecular complexity index is 1470. The fourth-order valence-electron chi connectivity index (χ4n) is 3.88. The van der Waals surface area contributed by atoms with E-state index < -0.39 is 17.9 Å². The van der Waals surface area contributed by atoms with Crippen molar-refractivity contribution in [3.8, 4) is 17.3 Å². The SMILES string of the molecule is COc1ncnc(C)c1-c1ncc2cnn(Cc3ccc([N+]4=NC(C(F)(F)F)=CC4C)cc3)c2n1. The lowest BCUT2D eigenvalue weighted by Crippen LogP contribution is -2.10. The molecule has 1 aliphatic heterocycles. The zero-order chi connectivity index (χ0) is 24.7. The van der Waals surface area contributed by atoms with E-state index in [1.807, 2.05) is 19.1 Å². The predicted molar refractivity (Wildman–Crippen MR) is 119 cm³/mol. The van der Waals surface area contributed by atoms with E-state index in [9.17, 15) is 13.2 Å². The number of hydrogen-bond acceptors (Lipinski definition) is 7. The molecule has 0 spiro atoms. The van der Waals surface area contributed by atoms with Gasteiger partial charge in [-0.15, -0.1) is 0 Å². The maximum atomic E-state index is 13.0. The van der Waals surface area contributed by atoms with Crippen molar-refractivity contribution in [2.75, 3.05) is 7.11 Å². The fraction of sp³-hybridized carbons (Fsp3) is 0.261. The molecular formula is C23H20F3N8O+. The van der Waals surface area contributed by atoms with Gasteiger partial charge in [0.2, 0.25) is 23.3 Å². The second-order valence-corrected chi connectivity index (χ2v) is 8.02. The Kier molecular flexibility index (Phi) is 5.50. The van der Waals surface area contributed by atoms with Gasteiger partial charge in [-0.1, -0.05) is 16.8 Å². The topological polar surface area (TPSA) is 94.0 Å². The third-order valence-corrected chi connectivity index (χ3v) is 5.62. The molecule has 9 nitrogen and oxygen atoms in total. The minimum absolute atomic E-state index is 0.378. The molecule has 4 heterocycles. The molecule has 0 aliphatic carbocycles. The summed E-state index contributed by atoms with van der Waals surface area (Å²) in [6.07, 6.45) is 1.40. The van der Waals surface area contributed by atoms with E-state index in [2.05, 4.69) is 30.1 Å². The highest BCUT2D eigenvalue weighted by molar-refractivity contribution is 5.77. The van der Waals surface area contributed by atoms with E-state index >= 15 is 0 Å². The van der Waals surface area contributed by atoms with Crippen LogP contribution in [-0.2, 0) is 6.54 Å². The largest absolute Gasteiger partial charge is 0.480 e. The van der Waals surface area contributed by atoms with E-state index in [0.717, 1.165) is 17.0 Å². The molecule has 35 heavy (non-hydrogen) atoms. The summed E-state index contributed by atoms with van der Waals surface area (Å²) in [5, 5.41) is 8.92. The number of fused-ring (bicyclic) bond motifs is 1. The number of allylic oxidation sites excluding steroid dienone is 1. The summed E-state index contributed by atoms with van der Waals surface area (Å²) in [4.78, 5) is 17.5. The van der Waals surface area contributed by atoms with Crippen LogP contribution in [0.2, 0.25) is 0 Å². The molecule has 0 N–H and O–H groups in total. The lowest BCUT2D eigenvalue weighted by Gasteiger charge is -2.09. The van der Waals surface area contributed by atoms with Crippen LogP contribution in [0.5, 0.6) is 5.88 Å². The molecule has 0 radical (unpaired) electrons. The molecule has 178 valence electrons. The van der Waals surface area contributed by atoms with Gasteiger partial charge in [0.1, 0.15) is 11.9 Å². The van der Waals surface area contributed by atoms with Gasteiger partial charge < -0.3 is 4.74 Å². The molecule has 12 heteroatoms. The number of aromatic nitrogens is 6. The van der Waals surface area contributed by atoms with Gasteiger partial charge >= 0.3 is 6.18 Å². The zero-order valence-corrected chi connectivity index (χ0v) is 19.0. The molecule has 3 aromatic heterocycles. The smallest absolute Gasteiger partial charge is 0.439 e. The molecule has 0 saturated heterocycles. The molecule has 0 saturated carbocycles. The van der Waals surface area contributed by atoms with E-state index in [1.54, 1.807) is 36.1 Å². The van der Waals surface area contributed by atoms with E-state index in [4.69, 9.17) is 4.74 Å². The Morgan fingerprint density at radius 3 is 2.54 bits per heavy atom. The number of alkyl halides is 3. The van der Waals surface area contributed by atoms with Crippen molar-refractivity contribution in [3.63, 3.8) is 0 Å². The average molecular weight is 481 g/mol. The number of hydrogen-bond donors (Lipinski definition) is 0. The summed E-state index contributed by atoms with van der Waals surface area (Å²) in [5.41, 5.74) is 2.48. The highest BCUT2D eigenvalue weighted by atomic mass is 19.4. The van der Waals surface area contributed by atoms with E-state index in [0.29, 0.717) is 40.8 Å². The van der Waals surface area contributed by atoms with Crippen LogP contribution in [0.15, 0.2) is 59.9 Å². The molecule has 0 fully saturated rings. The van der Waals surface area contributed by atoms with Crippen LogP contribution in [0.25, 0.3) is 22.4 Å². The van der Waals surface area contributed by atoms with Crippen LogP contribution in [0.3, 0.4) is 0 Å². The zero-order valence-electron chi connectivity index (χ0n) is 19.0. The maximum absolute atomic E-state index is 13.0. The number of benzene rings is 1. The Hall–Kier alpha value is -4.22. The summed E-state index contributed by atoms with van der Waals surface area (Å²) in [5.74, 6) is 0.797. The van der Waals surface area contributed by atoms with Gasteiger partial charge in [-0.05, 0) is 12.5 Å². The van der Waals surface area contributed by atoms with Gasteiger partial charge in [-0.2, -0.15) is 18.3 Å². The molecule has 0 bridgehead atoms. The lowest BCUT2D eigenvalue weighted by molar-refractivity contribution is -0.528. The number of halogens is 3. The Labute approximate surface area is 197 Å². The number of nitrogens with zero attached hydrogens (tertiary/aromatic N) is 8. The van der Waals surface area contributed by atoms with Gasteiger partial charge in [0.15, 0.2) is 11.5 Å². The summed E-state index contributed by atoms with van der Waals surface area (Å²) >= 11 is 0.